The van der Waals surface area contributed by atoms with Gasteiger partial charge in [-0.2, -0.15) is 0 Å². The standard InChI is InChI=1S/C19H23O8PS/c1-25-17-8-7-14(11-15(17)12-28(20,21)22)13-29(23,24)10-9-16-18(26-2)5-4-6-19(16)27-3/h4-11H,12-13H2,1-3H3,(H2,20,21,22). The largest absolute Gasteiger partial charge is 0.496 e. The molecule has 0 aliphatic rings. The quantitative estimate of drug-likeness (QED) is 0.569. The Morgan fingerprint density at radius 2 is 1.55 bits per heavy atom. The molecule has 10 heteroatoms. The molecule has 0 saturated heterocycles. The Bertz CT molecular complexity index is 1020. The lowest BCUT2D eigenvalue weighted by atomic mass is 10.1. The van der Waals surface area contributed by atoms with Crippen LogP contribution in [0, 0.1) is 0 Å². The van der Waals surface area contributed by atoms with Gasteiger partial charge in [-0.15, -0.1) is 0 Å². The topological polar surface area (TPSA) is 119 Å². The van der Waals surface area contributed by atoms with Crippen molar-refractivity contribution in [2.24, 2.45) is 0 Å². The van der Waals surface area contributed by atoms with E-state index in [0.29, 0.717) is 22.6 Å². The molecule has 0 amide bonds. The number of methoxy groups -OCH3 is 3. The molecule has 29 heavy (non-hydrogen) atoms. The van der Waals surface area contributed by atoms with Crippen LogP contribution in [0.5, 0.6) is 17.2 Å². The summed E-state index contributed by atoms with van der Waals surface area (Å²) in [6.45, 7) is 0. The van der Waals surface area contributed by atoms with Gasteiger partial charge in [0.25, 0.3) is 0 Å². The average Bonchev–Trinajstić information content (AvgIpc) is 2.64. The minimum Gasteiger partial charge on any atom is -0.496 e. The van der Waals surface area contributed by atoms with Crippen molar-refractivity contribution < 1.29 is 37.0 Å². The fourth-order valence-electron chi connectivity index (χ4n) is 2.76. The summed E-state index contributed by atoms with van der Waals surface area (Å²) in [5.41, 5.74) is 1.10. The first kappa shape index (κ1) is 23.0. The Labute approximate surface area is 169 Å². The number of benzene rings is 2. The van der Waals surface area contributed by atoms with Crippen LogP contribution in [0.3, 0.4) is 0 Å². The van der Waals surface area contributed by atoms with Crippen LogP contribution in [0.25, 0.3) is 6.08 Å². The molecular weight excluding hydrogens is 419 g/mol. The highest BCUT2D eigenvalue weighted by atomic mass is 32.2. The summed E-state index contributed by atoms with van der Waals surface area (Å²) in [6.07, 6.45) is 0.853. The number of hydrogen-bond acceptors (Lipinski definition) is 6. The van der Waals surface area contributed by atoms with Crippen LogP contribution in [-0.4, -0.2) is 39.5 Å². The van der Waals surface area contributed by atoms with Gasteiger partial charge >= 0.3 is 7.60 Å². The smallest absolute Gasteiger partial charge is 0.330 e. The van der Waals surface area contributed by atoms with E-state index < -0.39 is 23.6 Å². The molecular formula is C19H23O8PS. The van der Waals surface area contributed by atoms with Gasteiger partial charge in [0, 0.05) is 11.0 Å². The Morgan fingerprint density at radius 1 is 0.966 bits per heavy atom. The van der Waals surface area contributed by atoms with Crippen LogP contribution in [0.1, 0.15) is 16.7 Å². The highest BCUT2D eigenvalue weighted by molar-refractivity contribution is 7.93. The maximum absolute atomic E-state index is 12.6. The summed E-state index contributed by atoms with van der Waals surface area (Å²) in [5, 5.41) is 1.06. The maximum Gasteiger partial charge on any atom is 0.330 e. The minimum atomic E-state index is -4.34. The average molecular weight is 442 g/mol. The molecule has 0 atom stereocenters. The number of hydrogen-bond donors (Lipinski definition) is 2. The summed E-state index contributed by atoms with van der Waals surface area (Å²) in [5.74, 6) is 0.858. The normalized spacial score (nSPS) is 12.2. The molecule has 0 unspecified atom stereocenters. The van der Waals surface area contributed by atoms with Crippen LogP contribution in [0.15, 0.2) is 41.8 Å². The molecule has 2 aromatic carbocycles. The molecule has 0 saturated carbocycles. The lowest BCUT2D eigenvalue weighted by Gasteiger charge is -2.12. The second kappa shape index (κ2) is 9.45. The lowest BCUT2D eigenvalue weighted by Crippen LogP contribution is -2.02. The number of rotatable bonds is 9. The molecule has 0 bridgehead atoms. The van der Waals surface area contributed by atoms with Gasteiger partial charge in [0.2, 0.25) is 0 Å². The Morgan fingerprint density at radius 3 is 2.07 bits per heavy atom. The van der Waals surface area contributed by atoms with Crippen molar-refractivity contribution in [2.45, 2.75) is 11.9 Å². The van der Waals surface area contributed by atoms with Crippen molar-refractivity contribution in [1.82, 2.24) is 0 Å². The number of ether oxygens (including phenoxy) is 3. The molecule has 2 N–H and O–H groups in total. The third-order valence-electron chi connectivity index (χ3n) is 4.00. The van der Waals surface area contributed by atoms with Gasteiger partial charge in [-0.1, -0.05) is 18.2 Å². The van der Waals surface area contributed by atoms with Crippen LogP contribution in [0.4, 0.5) is 0 Å². The second-order valence-corrected chi connectivity index (χ2v) is 9.69. The molecule has 2 rings (SSSR count). The molecule has 158 valence electrons. The first-order valence-electron chi connectivity index (χ1n) is 8.40. The van der Waals surface area contributed by atoms with Crippen molar-refractivity contribution in [2.75, 3.05) is 21.3 Å². The predicted molar refractivity (Wildman–Crippen MR) is 110 cm³/mol. The Kier molecular flexibility index (Phi) is 7.48. The summed E-state index contributed by atoms with van der Waals surface area (Å²) in [6, 6.07) is 9.55. The van der Waals surface area contributed by atoms with Crippen molar-refractivity contribution in [3.8, 4) is 17.2 Å². The summed E-state index contributed by atoms with van der Waals surface area (Å²) in [7, 11) is -3.71. The zero-order valence-electron chi connectivity index (χ0n) is 16.2. The van der Waals surface area contributed by atoms with Gasteiger partial charge in [0.1, 0.15) is 17.2 Å². The highest BCUT2D eigenvalue weighted by Crippen LogP contribution is 2.42. The van der Waals surface area contributed by atoms with Crippen molar-refractivity contribution in [3.63, 3.8) is 0 Å². The van der Waals surface area contributed by atoms with Crippen LogP contribution >= 0.6 is 7.60 Å². The Hall–Kier alpha value is -2.32. The molecule has 0 aliphatic heterocycles. The van der Waals surface area contributed by atoms with Gasteiger partial charge in [-0.05, 0) is 29.8 Å². The predicted octanol–water partition coefficient (Wildman–Crippen LogP) is 2.98. The van der Waals surface area contributed by atoms with Crippen LogP contribution in [-0.2, 0) is 26.3 Å². The van der Waals surface area contributed by atoms with E-state index >= 15 is 0 Å². The maximum atomic E-state index is 12.6. The fourth-order valence-corrected chi connectivity index (χ4v) is 4.54. The van der Waals surface area contributed by atoms with E-state index in [-0.39, 0.29) is 17.1 Å². The molecule has 0 heterocycles. The zero-order valence-corrected chi connectivity index (χ0v) is 17.9. The van der Waals surface area contributed by atoms with Crippen molar-refractivity contribution >= 4 is 23.5 Å². The van der Waals surface area contributed by atoms with E-state index in [1.807, 2.05) is 0 Å². The number of sulfone groups is 1. The van der Waals surface area contributed by atoms with Crippen molar-refractivity contribution in [3.05, 3.63) is 58.5 Å². The second-order valence-electron chi connectivity index (χ2n) is 6.16. The molecule has 0 fully saturated rings. The first-order valence-corrected chi connectivity index (χ1v) is 11.9. The van der Waals surface area contributed by atoms with E-state index in [9.17, 15) is 22.8 Å². The minimum absolute atomic E-state index is 0.240. The fraction of sp³-hybridized carbons (Fsp3) is 0.263. The molecule has 0 aliphatic carbocycles. The summed E-state index contributed by atoms with van der Waals surface area (Å²) >= 11 is 0. The lowest BCUT2D eigenvalue weighted by molar-refractivity contribution is 0.368. The molecule has 0 spiro atoms. The van der Waals surface area contributed by atoms with Gasteiger partial charge in [0.05, 0.1) is 38.8 Å². The van der Waals surface area contributed by atoms with E-state index in [4.69, 9.17) is 14.2 Å². The third kappa shape index (κ3) is 6.61. The van der Waals surface area contributed by atoms with E-state index in [2.05, 4.69) is 0 Å². The first-order chi connectivity index (χ1) is 13.6. The van der Waals surface area contributed by atoms with Gasteiger partial charge in [-0.25, -0.2) is 8.42 Å². The van der Waals surface area contributed by atoms with Gasteiger partial charge < -0.3 is 24.0 Å². The summed E-state index contributed by atoms with van der Waals surface area (Å²) in [4.78, 5) is 18.5. The van der Waals surface area contributed by atoms with E-state index in [1.165, 1.54) is 45.6 Å². The Balaban J connectivity index is 2.32. The molecule has 2 aromatic rings. The SMILES string of the molecule is COc1ccc(CS(=O)(=O)C=Cc2c(OC)cccc2OC)cc1CP(=O)(O)O. The monoisotopic (exact) mass is 442 g/mol. The molecule has 0 radical (unpaired) electrons. The highest BCUT2D eigenvalue weighted by Gasteiger charge is 2.19. The molecule has 8 nitrogen and oxygen atoms in total. The molecule has 0 aromatic heterocycles. The van der Waals surface area contributed by atoms with Crippen molar-refractivity contribution in [1.29, 1.82) is 0 Å². The zero-order chi connectivity index (χ0) is 21.7. The van der Waals surface area contributed by atoms with E-state index in [1.54, 1.807) is 18.2 Å². The summed E-state index contributed by atoms with van der Waals surface area (Å²) < 4.78 is 52.1. The third-order valence-corrected chi connectivity index (χ3v) is 6.04. The van der Waals surface area contributed by atoms with Gasteiger partial charge in [-0.3, -0.25) is 4.57 Å². The van der Waals surface area contributed by atoms with Crippen LogP contribution < -0.4 is 14.2 Å². The van der Waals surface area contributed by atoms with Crippen LogP contribution in [0.2, 0.25) is 0 Å². The van der Waals surface area contributed by atoms with E-state index in [0.717, 1.165) is 5.41 Å². The van der Waals surface area contributed by atoms with Gasteiger partial charge in [0.15, 0.2) is 9.84 Å².